The van der Waals surface area contributed by atoms with Gasteiger partial charge in [-0.25, -0.2) is 4.98 Å². The van der Waals surface area contributed by atoms with Crippen LogP contribution in [-0.2, 0) is 17.8 Å². The molecule has 0 fully saturated rings. The maximum atomic E-state index is 13.2. The third-order valence-electron chi connectivity index (χ3n) is 5.35. The summed E-state index contributed by atoms with van der Waals surface area (Å²) in [6, 6.07) is 19.3. The first-order valence-corrected chi connectivity index (χ1v) is 10.6. The van der Waals surface area contributed by atoms with E-state index in [0.29, 0.717) is 30.9 Å². The minimum absolute atomic E-state index is 0.0218. The molecule has 1 aromatic heterocycles. The number of rotatable bonds is 7. The van der Waals surface area contributed by atoms with Gasteiger partial charge >= 0.3 is 0 Å². The van der Waals surface area contributed by atoms with Crippen LogP contribution in [0.4, 0.5) is 17.2 Å². The number of para-hydroxylation sites is 1. The van der Waals surface area contributed by atoms with Crippen LogP contribution in [0, 0.1) is 0 Å². The zero-order valence-corrected chi connectivity index (χ0v) is 17.6. The topological polar surface area (TPSA) is 74.3 Å². The molecule has 4 rings (SSSR count). The minimum atomic E-state index is -0.0467. The van der Waals surface area contributed by atoms with Gasteiger partial charge < -0.3 is 15.5 Å². The average Bonchev–Trinajstić information content (AvgIpc) is 3.23. The molecule has 0 radical (unpaired) electrons. The highest BCUT2D eigenvalue weighted by Crippen LogP contribution is 2.30. The molecule has 3 aromatic rings. The van der Waals surface area contributed by atoms with E-state index in [1.165, 1.54) is 5.56 Å². The maximum Gasteiger partial charge on any atom is 0.262 e. The van der Waals surface area contributed by atoms with Crippen LogP contribution >= 0.6 is 0 Å². The molecule has 158 valence electrons. The van der Waals surface area contributed by atoms with E-state index in [1.54, 1.807) is 12.3 Å². The fourth-order valence-corrected chi connectivity index (χ4v) is 3.76. The van der Waals surface area contributed by atoms with Gasteiger partial charge in [0.25, 0.3) is 5.91 Å². The van der Waals surface area contributed by atoms with Crippen molar-refractivity contribution in [2.24, 2.45) is 0 Å². The Morgan fingerprint density at radius 3 is 2.65 bits per heavy atom. The number of pyridine rings is 1. The molecule has 0 saturated heterocycles. The zero-order chi connectivity index (χ0) is 21.6. The molecular weight excluding hydrogens is 388 g/mol. The molecule has 0 spiro atoms. The van der Waals surface area contributed by atoms with Crippen molar-refractivity contribution in [2.75, 3.05) is 22.1 Å². The predicted octanol–water partition coefficient (Wildman–Crippen LogP) is 4.64. The number of benzene rings is 2. The third kappa shape index (κ3) is 4.74. The Hall–Kier alpha value is -3.67. The van der Waals surface area contributed by atoms with Crippen LogP contribution in [0.1, 0.15) is 41.3 Å². The molecule has 0 bridgehead atoms. The Kier molecular flexibility index (Phi) is 6.26. The molecule has 0 aliphatic carbocycles. The van der Waals surface area contributed by atoms with Crippen molar-refractivity contribution in [1.29, 1.82) is 0 Å². The molecule has 0 unspecified atom stereocenters. The van der Waals surface area contributed by atoms with E-state index in [-0.39, 0.29) is 11.8 Å². The Bertz CT molecular complexity index is 1080. The minimum Gasteiger partial charge on any atom is -0.365 e. The second-order valence-electron chi connectivity index (χ2n) is 7.58. The molecule has 2 aromatic carbocycles. The lowest BCUT2D eigenvalue weighted by molar-refractivity contribution is -0.116. The van der Waals surface area contributed by atoms with Gasteiger partial charge in [-0.2, -0.15) is 0 Å². The molecule has 6 nitrogen and oxygen atoms in total. The second kappa shape index (κ2) is 9.43. The SMILES string of the molecule is CCCC(=O)Nc1ccc(CNc2ncccc2C(=O)N2CCc3ccccc32)cc1. The van der Waals surface area contributed by atoms with E-state index in [0.717, 1.165) is 29.8 Å². The molecular formula is C25H26N4O2. The van der Waals surface area contributed by atoms with Gasteiger partial charge in [-0.1, -0.05) is 37.3 Å². The molecule has 1 aliphatic heterocycles. The molecule has 1 aliphatic rings. The Morgan fingerprint density at radius 1 is 1.03 bits per heavy atom. The number of nitrogens with one attached hydrogen (secondary N) is 2. The number of carbonyl (C=O) groups excluding carboxylic acids is 2. The van der Waals surface area contributed by atoms with Gasteiger partial charge in [0, 0.05) is 37.1 Å². The lowest BCUT2D eigenvalue weighted by Crippen LogP contribution is -2.29. The zero-order valence-electron chi connectivity index (χ0n) is 17.6. The van der Waals surface area contributed by atoms with Gasteiger partial charge in [0.05, 0.1) is 5.56 Å². The first-order valence-electron chi connectivity index (χ1n) is 10.6. The van der Waals surface area contributed by atoms with Gasteiger partial charge in [-0.15, -0.1) is 0 Å². The Balaban J connectivity index is 1.44. The lowest BCUT2D eigenvalue weighted by atomic mass is 10.1. The highest BCUT2D eigenvalue weighted by molar-refractivity contribution is 6.10. The van der Waals surface area contributed by atoms with Crippen LogP contribution in [-0.4, -0.2) is 23.3 Å². The number of amides is 2. The molecule has 31 heavy (non-hydrogen) atoms. The Labute approximate surface area is 182 Å². The van der Waals surface area contributed by atoms with Gasteiger partial charge in [0.15, 0.2) is 0 Å². The van der Waals surface area contributed by atoms with Crippen molar-refractivity contribution >= 4 is 29.0 Å². The smallest absolute Gasteiger partial charge is 0.262 e. The average molecular weight is 415 g/mol. The lowest BCUT2D eigenvalue weighted by Gasteiger charge is -2.19. The summed E-state index contributed by atoms with van der Waals surface area (Å²) >= 11 is 0. The molecule has 2 N–H and O–H groups in total. The first-order chi connectivity index (χ1) is 15.2. The number of nitrogens with zero attached hydrogens (tertiary/aromatic N) is 2. The summed E-state index contributed by atoms with van der Waals surface area (Å²) in [5.41, 5.74) is 4.54. The summed E-state index contributed by atoms with van der Waals surface area (Å²) in [6.07, 6.45) is 3.89. The van der Waals surface area contributed by atoms with Gasteiger partial charge in [-0.3, -0.25) is 9.59 Å². The van der Waals surface area contributed by atoms with Crippen LogP contribution in [0.3, 0.4) is 0 Å². The van der Waals surface area contributed by atoms with E-state index >= 15 is 0 Å². The summed E-state index contributed by atoms with van der Waals surface area (Å²) in [4.78, 5) is 31.2. The van der Waals surface area contributed by atoms with E-state index in [1.807, 2.05) is 60.4 Å². The fraction of sp³-hybridized carbons (Fsp3) is 0.240. The number of fused-ring (bicyclic) bond motifs is 1. The molecule has 2 heterocycles. The van der Waals surface area contributed by atoms with E-state index in [2.05, 4.69) is 21.7 Å². The van der Waals surface area contributed by atoms with E-state index in [4.69, 9.17) is 0 Å². The summed E-state index contributed by atoms with van der Waals surface area (Å²) in [7, 11) is 0. The molecule has 2 amide bonds. The van der Waals surface area contributed by atoms with Crippen molar-refractivity contribution in [3.05, 3.63) is 83.6 Å². The van der Waals surface area contributed by atoms with Crippen LogP contribution in [0.5, 0.6) is 0 Å². The summed E-state index contributed by atoms with van der Waals surface area (Å²) in [5, 5.41) is 6.18. The largest absolute Gasteiger partial charge is 0.365 e. The van der Waals surface area contributed by atoms with Crippen LogP contribution in [0.25, 0.3) is 0 Å². The summed E-state index contributed by atoms with van der Waals surface area (Å²) in [6.45, 7) is 3.18. The van der Waals surface area contributed by atoms with Crippen LogP contribution in [0.15, 0.2) is 66.9 Å². The summed E-state index contributed by atoms with van der Waals surface area (Å²) < 4.78 is 0. The highest BCUT2D eigenvalue weighted by Gasteiger charge is 2.26. The quantitative estimate of drug-likeness (QED) is 0.591. The normalized spacial score (nSPS) is 12.4. The predicted molar refractivity (Wildman–Crippen MR) is 123 cm³/mol. The van der Waals surface area contributed by atoms with Crippen molar-refractivity contribution in [3.63, 3.8) is 0 Å². The number of carbonyl (C=O) groups is 2. The summed E-state index contributed by atoms with van der Waals surface area (Å²) in [5.74, 6) is 0.542. The number of hydrogen-bond donors (Lipinski definition) is 2. The number of anilines is 3. The number of aromatic nitrogens is 1. The highest BCUT2D eigenvalue weighted by atomic mass is 16.2. The molecule has 6 heteroatoms. The maximum absolute atomic E-state index is 13.2. The van der Waals surface area contributed by atoms with E-state index < -0.39 is 0 Å². The Morgan fingerprint density at radius 2 is 1.84 bits per heavy atom. The van der Waals surface area contributed by atoms with Gasteiger partial charge in [0.2, 0.25) is 5.91 Å². The van der Waals surface area contributed by atoms with Crippen molar-refractivity contribution < 1.29 is 9.59 Å². The fourth-order valence-electron chi connectivity index (χ4n) is 3.76. The van der Waals surface area contributed by atoms with Crippen molar-refractivity contribution in [2.45, 2.75) is 32.7 Å². The second-order valence-corrected chi connectivity index (χ2v) is 7.58. The van der Waals surface area contributed by atoms with Gasteiger partial charge in [-0.05, 0) is 54.3 Å². The monoisotopic (exact) mass is 414 g/mol. The van der Waals surface area contributed by atoms with Gasteiger partial charge in [0.1, 0.15) is 5.82 Å². The number of hydrogen-bond acceptors (Lipinski definition) is 4. The van der Waals surface area contributed by atoms with Crippen molar-refractivity contribution in [3.8, 4) is 0 Å². The molecule has 0 saturated carbocycles. The first kappa shape index (κ1) is 20.6. The van der Waals surface area contributed by atoms with Crippen LogP contribution in [0.2, 0.25) is 0 Å². The van der Waals surface area contributed by atoms with Crippen molar-refractivity contribution in [1.82, 2.24) is 4.98 Å². The standard InChI is InChI=1S/C25H26N4O2/c1-2-6-23(30)28-20-12-10-18(11-13-20)17-27-24-21(8-5-15-26-24)25(31)29-16-14-19-7-3-4-9-22(19)29/h3-5,7-13,15H,2,6,14,16-17H2,1H3,(H,26,27)(H,28,30). The van der Waals surface area contributed by atoms with E-state index in [9.17, 15) is 9.59 Å². The van der Waals surface area contributed by atoms with Crippen LogP contribution < -0.4 is 15.5 Å². The third-order valence-corrected chi connectivity index (χ3v) is 5.35. The molecule has 0 atom stereocenters.